The molecule has 1 amide bonds. The third-order valence-electron chi connectivity index (χ3n) is 2.93. The highest BCUT2D eigenvalue weighted by Crippen LogP contribution is 2.25. The second-order valence-corrected chi connectivity index (χ2v) is 6.14. The zero-order valence-corrected chi connectivity index (χ0v) is 13.1. The maximum atomic E-state index is 11.7. The molecular weight excluding hydrogens is 297 g/mol. The number of aliphatic hydroxyl groups is 1. The summed E-state index contributed by atoms with van der Waals surface area (Å²) in [6.07, 6.45) is 3.63. The van der Waals surface area contributed by atoms with E-state index in [4.69, 9.17) is 28.3 Å². The second-order valence-electron chi connectivity index (χ2n) is 5.32. The van der Waals surface area contributed by atoms with Crippen LogP contribution in [0.1, 0.15) is 25.8 Å². The van der Waals surface area contributed by atoms with Crippen LogP contribution in [0.2, 0.25) is 10.0 Å². The predicted molar refractivity (Wildman–Crippen MR) is 84.0 cm³/mol. The Bertz CT molecular complexity index is 478. The van der Waals surface area contributed by atoms with Crippen LogP contribution in [0.3, 0.4) is 0 Å². The SMILES string of the molecule is CC(C)(CCO)CNC(=O)/C=C/c1c(Cl)cccc1Cl. The summed E-state index contributed by atoms with van der Waals surface area (Å²) in [4.78, 5) is 11.7. The first kappa shape index (κ1) is 17.0. The van der Waals surface area contributed by atoms with Crippen molar-refractivity contribution in [2.24, 2.45) is 5.41 Å². The molecule has 0 spiro atoms. The van der Waals surface area contributed by atoms with Crippen LogP contribution in [0.15, 0.2) is 24.3 Å². The Morgan fingerprint density at radius 1 is 1.35 bits per heavy atom. The highest BCUT2D eigenvalue weighted by molar-refractivity contribution is 6.37. The molecule has 1 aromatic rings. The van der Waals surface area contributed by atoms with E-state index in [1.165, 1.54) is 6.08 Å². The molecule has 2 N–H and O–H groups in total. The average molecular weight is 316 g/mol. The Labute approximate surface area is 129 Å². The van der Waals surface area contributed by atoms with Gasteiger partial charge >= 0.3 is 0 Å². The Hall–Kier alpha value is -1.03. The third-order valence-corrected chi connectivity index (χ3v) is 3.59. The van der Waals surface area contributed by atoms with E-state index in [0.29, 0.717) is 28.6 Å². The molecule has 0 saturated carbocycles. The predicted octanol–water partition coefficient (Wildman–Crippen LogP) is 3.53. The van der Waals surface area contributed by atoms with Crippen molar-refractivity contribution in [3.8, 4) is 0 Å². The molecule has 0 atom stereocenters. The van der Waals surface area contributed by atoms with E-state index < -0.39 is 0 Å². The summed E-state index contributed by atoms with van der Waals surface area (Å²) in [6.45, 7) is 4.57. The molecule has 0 bridgehead atoms. The van der Waals surface area contributed by atoms with Gasteiger partial charge in [0.05, 0.1) is 0 Å². The number of nitrogens with one attached hydrogen (secondary N) is 1. The molecule has 0 radical (unpaired) electrons. The average Bonchev–Trinajstić information content (AvgIpc) is 2.36. The first-order valence-corrected chi connectivity index (χ1v) is 7.12. The van der Waals surface area contributed by atoms with Gasteiger partial charge in [-0.25, -0.2) is 0 Å². The molecule has 5 heteroatoms. The molecule has 1 rings (SSSR count). The lowest BCUT2D eigenvalue weighted by Gasteiger charge is -2.23. The summed E-state index contributed by atoms with van der Waals surface area (Å²) in [5.74, 6) is -0.216. The van der Waals surface area contributed by atoms with Crippen LogP contribution in [-0.2, 0) is 4.79 Å². The smallest absolute Gasteiger partial charge is 0.244 e. The Balaban J connectivity index is 2.61. The number of benzene rings is 1. The van der Waals surface area contributed by atoms with Gasteiger partial charge < -0.3 is 10.4 Å². The number of aliphatic hydroxyl groups excluding tert-OH is 1. The zero-order valence-electron chi connectivity index (χ0n) is 11.6. The molecule has 20 heavy (non-hydrogen) atoms. The molecule has 0 aromatic heterocycles. The molecule has 0 saturated heterocycles. The fraction of sp³-hybridized carbons (Fsp3) is 0.400. The van der Waals surface area contributed by atoms with E-state index in [1.54, 1.807) is 24.3 Å². The molecule has 0 aliphatic carbocycles. The lowest BCUT2D eigenvalue weighted by atomic mass is 9.90. The molecule has 0 unspecified atom stereocenters. The highest BCUT2D eigenvalue weighted by Gasteiger charge is 2.17. The topological polar surface area (TPSA) is 49.3 Å². The number of hydrogen-bond donors (Lipinski definition) is 2. The summed E-state index contributed by atoms with van der Waals surface area (Å²) in [6, 6.07) is 5.18. The van der Waals surface area contributed by atoms with Crippen LogP contribution in [0.5, 0.6) is 0 Å². The Kier molecular flexibility index (Phi) is 6.53. The molecule has 110 valence electrons. The van der Waals surface area contributed by atoms with Gasteiger partial charge in [-0.15, -0.1) is 0 Å². The molecule has 0 aliphatic heterocycles. The molecule has 0 aliphatic rings. The lowest BCUT2D eigenvalue weighted by Crippen LogP contribution is -2.33. The van der Waals surface area contributed by atoms with Gasteiger partial charge in [0, 0.05) is 34.8 Å². The van der Waals surface area contributed by atoms with E-state index in [9.17, 15) is 4.79 Å². The summed E-state index contributed by atoms with van der Waals surface area (Å²) in [5.41, 5.74) is 0.487. The molecule has 0 fully saturated rings. The number of rotatable bonds is 6. The van der Waals surface area contributed by atoms with Crippen molar-refractivity contribution in [2.45, 2.75) is 20.3 Å². The lowest BCUT2D eigenvalue weighted by molar-refractivity contribution is -0.116. The highest BCUT2D eigenvalue weighted by atomic mass is 35.5. The van der Waals surface area contributed by atoms with Crippen molar-refractivity contribution < 1.29 is 9.90 Å². The van der Waals surface area contributed by atoms with Crippen molar-refractivity contribution >= 4 is 35.2 Å². The van der Waals surface area contributed by atoms with Crippen molar-refractivity contribution in [3.05, 3.63) is 39.9 Å². The quantitative estimate of drug-likeness (QED) is 0.789. The van der Waals surface area contributed by atoms with E-state index in [2.05, 4.69) is 5.32 Å². The van der Waals surface area contributed by atoms with Crippen LogP contribution >= 0.6 is 23.2 Å². The largest absolute Gasteiger partial charge is 0.396 e. The number of amides is 1. The summed E-state index contributed by atoms with van der Waals surface area (Å²) < 4.78 is 0. The number of carbonyl (C=O) groups excluding carboxylic acids is 1. The normalized spacial score (nSPS) is 11.8. The molecule has 0 heterocycles. The van der Waals surface area contributed by atoms with E-state index in [-0.39, 0.29) is 17.9 Å². The van der Waals surface area contributed by atoms with Gasteiger partial charge in [0.25, 0.3) is 0 Å². The van der Waals surface area contributed by atoms with E-state index in [1.807, 2.05) is 13.8 Å². The fourth-order valence-corrected chi connectivity index (χ4v) is 2.13. The van der Waals surface area contributed by atoms with Crippen LogP contribution in [-0.4, -0.2) is 24.2 Å². The summed E-state index contributed by atoms with van der Waals surface area (Å²) in [5, 5.41) is 12.7. The summed E-state index contributed by atoms with van der Waals surface area (Å²) >= 11 is 12.0. The first-order chi connectivity index (χ1) is 9.35. The van der Waals surface area contributed by atoms with Gasteiger partial charge in [-0.05, 0) is 30.0 Å². The van der Waals surface area contributed by atoms with E-state index >= 15 is 0 Å². The van der Waals surface area contributed by atoms with Crippen LogP contribution < -0.4 is 5.32 Å². The maximum absolute atomic E-state index is 11.7. The Morgan fingerprint density at radius 3 is 2.50 bits per heavy atom. The monoisotopic (exact) mass is 315 g/mol. The van der Waals surface area contributed by atoms with Crippen LogP contribution in [0, 0.1) is 5.41 Å². The van der Waals surface area contributed by atoms with Crippen molar-refractivity contribution in [2.75, 3.05) is 13.2 Å². The van der Waals surface area contributed by atoms with Gasteiger partial charge in [-0.3, -0.25) is 4.79 Å². The van der Waals surface area contributed by atoms with Gasteiger partial charge in [0.2, 0.25) is 5.91 Å². The standard InChI is InChI=1S/C15H19Cl2NO2/c1-15(2,8-9-19)10-18-14(20)7-6-11-12(16)4-3-5-13(11)17/h3-7,19H,8-10H2,1-2H3,(H,18,20)/b7-6+. The van der Waals surface area contributed by atoms with Crippen molar-refractivity contribution in [1.29, 1.82) is 0 Å². The number of carbonyl (C=O) groups is 1. The zero-order chi connectivity index (χ0) is 15.2. The summed E-state index contributed by atoms with van der Waals surface area (Å²) in [7, 11) is 0. The number of halogens is 2. The fourth-order valence-electron chi connectivity index (χ4n) is 1.61. The van der Waals surface area contributed by atoms with Crippen LogP contribution in [0.4, 0.5) is 0 Å². The van der Waals surface area contributed by atoms with Gasteiger partial charge in [0.1, 0.15) is 0 Å². The maximum Gasteiger partial charge on any atom is 0.244 e. The van der Waals surface area contributed by atoms with Gasteiger partial charge in [0.15, 0.2) is 0 Å². The Morgan fingerprint density at radius 2 is 1.95 bits per heavy atom. The second kappa shape index (κ2) is 7.67. The first-order valence-electron chi connectivity index (χ1n) is 6.36. The van der Waals surface area contributed by atoms with Crippen molar-refractivity contribution in [1.82, 2.24) is 5.32 Å². The van der Waals surface area contributed by atoms with Crippen molar-refractivity contribution in [3.63, 3.8) is 0 Å². The van der Waals surface area contributed by atoms with Gasteiger partial charge in [-0.1, -0.05) is 43.1 Å². The molecular formula is C15H19Cl2NO2. The minimum absolute atomic E-state index is 0.105. The van der Waals surface area contributed by atoms with E-state index in [0.717, 1.165) is 0 Å². The molecule has 3 nitrogen and oxygen atoms in total. The number of hydrogen-bond acceptors (Lipinski definition) is 2. The minimum Gasteiger partial charge on any atom is -0.396 e. The third kappa shape index (κ3) is 5.53. The van der Waals surface area contributed by atoms with Crippen LogP contribution in [0.25, 0.3) is 6.08 Å². The molecule has 1 aromatic carbocycles. The minimum atomic E-state index is -0.216. The van der Waals surface area contributed by atoms with Gasteiger partial charge in [-0.2, -0.15) is 0 Å².